The number of nitriles is 1. The average molecular weight is 462 g/mol. The topological polar surface area (TPSA) is 87.4 Å². The van der Waals surface area contributed by atoms with Crippen LogP contribution in [0.25, 0.3) is 0 Å². The van der Waals surface area contributed by atoms with Crippen LogP contribution in [0.15, 0.2) is 24.3 Å². The van der Waals surface area contributed by atoms with Gasteiger partial charge in [-0.25, -0.2) is 0 Å². The highest BCUT2D eigenvalue weighted by molar-refractivity contribution is 5.58. The van der Waals surface area contributed by atoms with Gasteiger partial charge in [-0.05, 0) is 66.3 Å². The smallest absolute Gasteiger partial charge is 0.231 e. The minimum Gasteiger partial charge on any atom is -0.493 e. The number of fused-ring (bicyclic) bond motifs is 7. The summed E-state index contributed by atoms with van der Waals surface area (Å²) < 4.78 is 22.6. The molecule has 7 rings (SSSR count). The molecule has 8 nitrogen and oxygen atoms in total. The Bertz CT molecular complexity index is 1260. The van der Waals surface area contributed by atoms with Crippen LogP contribution in [0.1, 0.15) is 47.7 Å². The summed E-state index contributed by atoms with van der Waals surface area (Å²) in [5.41, 5.74) is 4.52. The number of aliphatic hydroxyl groups excluding tert-OH is 1. The summed E-state index contributed by atoms with van der Waals surface area (Å²) in [6, 6.07) is 10.6. The Morgan fingerprint density at radius 1 is 1.09 bits per heavy atom. The Hall–Kier alpha value is -2.99. The van der Waals surface area contributed by atoms with E-state index >= 15 is 0 Å². The maximum Gasteiger partial charge on any atom is 0.231 e. The summed E-state index contributed by atoms with van der Waals surface area (Å²) in [7, 11) is 3.33. The molecule has 0 aromatic heterocycles. The fraction of sp³-hybridized carbons (Fsp3) is 0.500. The quantitative estimate of drug-likeness (QED) is 0.747. The van der Waals surface area contributed by atoms with E-state index in [2.05, 4.69) is 41.0 Å². The van der Waals surface area contributed by atoms with Gasteiger partial charge in [0.2, 0.25) is 6.79 Å². The van der Waals surface area contributed by atoms with E-state index in [9.17, 15) is 10.4 Å². The van der Waals surface area contributed by atoms with Gasteiger partial charge in [0, 0.05) is 17.6 Å². The zero-order valence-electron chi connectivity index (χ0n) is 19.4. The SMILES string of the molecule is COc1cc2c(cc1OC)C1(C)CC3C(C#N)N4C(CO)c5cc6c(cc5CC4C2N31)OCO6. The normalized spacial score (nSPS) is 34.3. The van der Waals surface area contributed by atoms with Gasteiger partial charge in [-0.1, -0.05) is 0 Å². The Morgan fingerprint density at radius 2 is 1.82 bits per heavy atom. The Morgan fingerprint density at radius 3 is 2.53 bits per heavy atom. The first-order valence-electron chi connectivity index (χ1n) is 11.8. The lowest BCUT2D eigenvalue weighted by Gasteiger charge is -2.65. The van der Waals surface area contributed by atoms with Gasteiger partial charge in [0.25, 0.3) is 0 Å². The lowest BCUT2D eigenvalue weighted by molar-refractivity contribution is -0.182. The minimum absolute atomic E-state index is 0.0323. The molecule has 1 N–H and O–H groups in total. The summed E-state index contributed by atoms with van der Waals surface area (Å²) in [5.74, 6) is 2.91. The number of piperazine rings is 1. The second-order valence-corrected chi connectivity index (χ2v) is 10.1. The number of aliphatic hydroxyl groups is 1. The van der Waals surface area contributed by atoms with Gasteiger partial charge in [0.05, 0.1) is 39.0 Å². The molecule has 0 aliphatic carbocycles. The molecular weight excluding hydrogens is 434 g/mol. The molecule has 2 fully saturated rings. The second kappa shape index (κ2) is 6.79. The van der Waals surface area contributed by atoms with Crippen LogP contribution >= 0.6 is 0 Å². The molecule has 5 heterocycles. The monoisotopic (exact) mass is 461 g/mol. The third-order valence-corrected chi connectivity index (χ3v) is 8.81. The van der Waals surface area contributed by atoms with Gasteiger partial charge in [0.1, 0.15) is 6.04 Å². The summed E-state index contributed by atoms with van der Waals surface area (Å²) in [5, 5.41) is 20.9. The number of hydrogen-bond acceptors (Lipinski definition) is 8. The van der Waals surface area contributed by atoms with E-state index in [1.165, 1.54) is 11.1 Å². The predicted octanol–water partition coefficient (Wildman–Crippen LogP) is 2.64. The van der Waals surface area contributed by atoms with Crippen molar-refractivity contribution in [2.45, 2.75) is 55.5 Å². The molecule has 8 heteroatoms. The Labute approximate surface area is 198 Å². The number of benzene rings is 2. The van der Waals surface area contributed by atoms with Crippen molar-refractivity contribution in [2.24, 2.45) is 0 Å². The van der Waals surface area contributed by atoms with Crippen molar-refractivity contribution in [3.05, 3.63) is 46.5 Å². The standard InChI is InChI=1S/C26H27N3O5/c1-26-9-18-19(10-27)28-17(4-13-5-23-24(34-12-33-23)6-14(13)20(28)11-30)25(29(18)26)15-7-21(31-2)22(32-3)8-16(15)26/h5-8,17-20,25,30H,4,9,11-12H2,1-3H3. The maximum absolute atomic E-state index is 10.6. The minimum atomic E-state index is -0.303. The van der Waals surface area contributed by atoms with Crippen LogP contribution in [0.2, 0.25) is 0 Å². The first-order valence-corrected chi connectivity index (χ1v) is 11.8. The zero-order valence-corrected chi connectivity index (χ0v) is 19.4. The van der Waals surface area contributed by atoms with Crippen LogP contribution in [0.4, 0.5) is 0 Å². The molecule has 0 radical (unpaired) electrons. The van der Waals surface area contributed by atoms with Crippen LogP contribution in [-0.2, 0) is 12.0 Å². The molecule has 0 bridgehead atoms. The molecule has 34 heavy (non-hydrogen) atoms. The number of rotatable bonds is 3. The summed E-state index contributed by atoms with van der Waals surface area (Å²) in [6.07, 6.45) is 1.65. The van der Waals surface area contributed by atoms with Crippen LogP contribution in [-0.4, -0.2) is 60.7 Å². The Balaban J connectivity index is 1.42. The highest BCUT2D eigenvalue weighted by atomic mass is 16.7. The third-order valence-electron chi connectivity index (χ3n) is 8.81. The molecule has 6 unspecified atom stereocenters. The lowest BCUT2D eigenvalue weighted by atomic mass is 9.71. The summed E-state index contributed by atoms with van der Waals surface area (Å²) in [6.45, 7) is 2.43. The van der Waals surface area contributed by atoms with Crippen molar-refractivity contribution in [3.8, 4) is 29.1 Å². The zero-order chi connectivity index (χ0) is 23.4. The predicted molar refractivity (Wildman–Crippen MR) is 121 cm³/mol. The number of hydrogen-bond donors (Lipinski definition) is 1. The fourth-order valence-electron chi connectivity index (χ4n) is 7.47. The van der Waals surface area contributed by atoms with Crippen LogP contribution in [0, 0.1) is 11.3 Å². The molecule has 6 atom stereocenters. The molecular formula is C26H27N3O5. The van der Waals surface area contributed by atoms with Gasteiger partial charge in [-0.2, -0.15) is 5.26 Å². The lowest BCUT2D eigenvalue weighted by Crippen LogP contribution is -2.74. The molecule has 0 amide bonds. The fourth-order valence-corrected chi connectivity index (χ4v) is 7.47. The molecule has 5 aliphatic heterocycles. The first kappa shape index (κ1) is 20.4. The average Bonchev–Trinajstić information content (AvgIpc) is 3.38. The van der Waals surface area contributed by atoms with E-state index in [1.54, 1.807) is 14.2 Å². The van der Waals surface area contributed by atoms with Gasteiger partial charge in [-0.15, -0.1) is 0 Å². The van der Waals surface area contributed by atoms with Crippen molar-refractivity contribution in [1.29, 1.82) is 5.26 Å². The molecule has 2 aromatic carbocycles. The van der Waals surface area contributed by atoms with E-state index in [1.807, 2.05) is 6.07 Å². The van der Waals surface area contributed by atoms with Crippen molar-refractivity contribution in [1.82, 2.24) is 9.80 Å². The van der Waals surface area contributed by atoms with E-state index < -0.39 is 0 Å². The number of ether oxygens (including phenoxy) is 4. The maximum atomic E-state index is 10.6. The van der Waals surface area contributed by atoms with Crippen LogP contribution in [0.5, 0.6) is 23.0 Å². The first-order chi connectivity index (χ1) is 16.5. The van der Waals surface area contributed by atoms with E-state index in [4.69, 9.17) is 18.9 Å². The van der Waals surface area contributed by atoms with Crippen molar-refractivity contribution in [2.75, 3.05) is 27.6 Å². The highest BCUT2D eigenvalue weighted by Gasteiger charge is 2.67. The molecule has 0 spiro atoms. The second-order valence-electron chi connectivity index (χ2n) is 10.1. The van der Waals surface area contributed by atoms with Gasteiger partial charge < -0.3 is 24.1 Å². The van der Waals surface area contributed by atoms with Gasteiger partial charge >= 0.3 is 0 Å². The van der Waals surface area contributed by atoms with Crippen molar-refractivity contribution < 1.29 is 24.1 Å². The van der Waals surface area contributed by atoms with Crippen LogP contribution < -0.4 is 18.9 Å². The highest BCUT2D eigenvalue weighted by Crippen LogP contribution is 2.65. The summed E-state index contributed by atoms with van der Waals surface area (Å²) in [4.78, 5) is 4.82. The number of nitrogens with zero attached hydrogens (tertiary/aromatic N) is 3. The van der Waals surface area contributed by atoms with E-state index in [-0.39, 0.29) is 49.1 Å². The molecule has 2 aromatic rings. The van der Waals surface area contributed by atoms with Gasteiger partial charge in [0.15, 0.2) is 23.0 Å². The van der Waals surface area contributed by atoms with Crippen molar-refractivity contribution >= 4 is 0 Å². The van der Waals surface area contributed by atoms with Crippen LogP contribution in [0.3, 0.4) is 0 Å². The Kier molecular flexibility index (Phi) is 4.07. The molecule has 2 saturated heterocycles. The van der Waals surface area contributed by atoms with E-state index in [0.717, 1.165) is 41.2 Å². The van der Waals surface area contributed by atoms with Crippen molar-refractivity contribution in [3.63, 3.8) is 0 Å². The third kappa shape index (κ3) is 2.28. The van der Waals surface area contributed by atoms with Gasteiger partial charge in [-0.3, -0.25) is 9.80 Å². The number of methoxy groups -OCH3 is 2. The summed E-state index contributed by atoms with van der Waals surface area (Å²) >= 11 is 0. The van der Waals surface area contributed by atoms with E-state index in [0.29, 0.717) is 5.75 Å². The largest absolute Gasteiger partial charge is 0.493 e. The molecule has 5 aliphatic rings. The molecule has 0 saturated carbocycles. The molecule has 176 valence electrons.